The monoisotopic (exact) mass is 266 g/mol. The average Bonchev–Trinajstić information content (AvgIpc) is 2.98. The second-order valence-electron chi connectivity index (χ2n) is 4.16. The highest BCUT2D eigenvalue weighted by atomic mass is 16.4. The van der Waals surface area contributed by atoms with Crippen LogP contribution in [0.2, 0.25) is 0 Å². The first-order valence-corrected chi connectivity index (χ1v) is 5.97. The van der Waals surface area contributed by atoms with Gasteiger partial charge in [0.2, 0.25) is 11.8 Å². The van der Waals surface area contributed by atoms with Crippen LogP contribution in [0, 0.1) is 0 Å². The van der Waals surface area contributed by atoms with Crippen molar-refractivity contribution in [3.63, 3.8) is 0 Å². The molecular weight excluding hydrogens is 256 g/mol. The molecule has 1 aromatic heterocycles. The Labute approximate surface area is 114 Å². The van der Waals surface area contributed by atoms with Gasteiger partial charge in [-0.15, -0.1) is 10.2 Å². The average molecular weight is 266 g/mol. The predicted octanol–water partition coefficient (Wildman–Crippen LogP) is 3.10. The van der Waals surface area contributed by atoms with Gasteiger partial charge < -0.3 is 9.52 Å². The van der Waals surface area contributed by atoms with Gasteiger partial charge in [-0.1, -0.05) is 24.3 Å². The molecule has 20 heavy (non-hydrogen) atoms. The van der Waals surface area contributed by atoms with E-state index in [0.717, 1.165) is 5.56 Å². The van der Waals surface area contributed by atoms with E-state index in [1.165, 1.54) is 12.1 Å². The maximum atomic E-state index is 10.9. The fourth-order valence-electron chi connectivity index (χ4n) is 1.82. The number of aromatic nitrogens is 2. The normalized spacial score (nSPS) is 10.4. The van der Waals surface area contributed by atoms with Crippen LogP contribution < -0.4 is 0 Å². The molecule has 0 unspecified atom stereocenters. The van der Waals surface area contributed by atoms with E-state index in [2.05, 4.69) is 10.2 Å². The van der Waals surface area contributed by atoms with Gasteiger partial charge in [-0.25, -0.2) is 4.79 Å². The third-order valence-corrected chi connectivity index (χ3v) is 2.80. The molecule has 0 atom stereocenters. The van der Waals surface area contributed by atoms with E-state index >= 15 is 0 Å². The summed E-state index contributed by atoms with van der Waals surface area (Å²) in [7, 11) is 0. The molecule has 98 valence electrons. The van der Waals surface area contributed by atoms with E-state index in [-0.39, 0.29) is 5.56 Å². The Kier molecular flexibility index (Phi) is 3.01. The van der Waals surface area contributed by atoms with E-state index in [9.17, 15) is 4.79 Å². The van der Waals surface area contributed by atoms with Crippen LogP contribution in [0.15, 0.2) is 59.0 Å². The molecule has 2 aromatic carbocycles. The molecule has 0 saturated heterocycles. The van der Waals surface area contributed by atoms with Crippen LogP contribution in [0.3, 0.4) is 0 Å². The minimum atomic E-state index is -0.991. The molecule has 0 radical (unpaired) electrons. The molecule has 0 aliphatic heterocycles. The lowest BCUT2D eigenvalue weighted by Crippen LogP contribution is -1.95. The lowest BCUT2D eigenvalue weighted by Gasteiger charge is -1.97. The number of carboxylic acid groups (broad SMARTS) is 1. The van der Waals surface area contributed by atoms with Gasteiger partial charge in [0, 0.05) is 11.1 Å². The van der Waals surface area contributed by atoms with Crippen molar-refractivity contribution in [3.05, 3.63) is 60.2 Å². The van der Waals surface area contributed by atoms with E-state index in [0.29, 0.717) is 17.3 Å². The summed E-state index contributed by atoms with van der Waals surface area (Å²) in [5.74, 6) is -0.289. The van der Waals surface area contributed by atoms with Crippen molar-refractivity contribution in [1.29, 1.82) is 0 Å². The van der Waals surface area contributed by atoms with Gasteiger partial charge in [0.15, 0.2) is 0 Å². The van der Waals surface area contributed by atoms with E-state index in [4.69, 9.17) is 9.52 Å². The van der Waals surface area contributed by atoms with Gasteiger partial charge in [-0.2, -0.15) is 0 Å². The fourth-order valence-corrected chi connectivity index (χ4v) is 1.82. The van der Waals surface area contributed by atoms with Crippen molar-refractivity contribution in [2.24, 2.45) is 0 Å². The maximum Gasteiger partial charge on any atom is 0.335 e. The summed E-state index contributed by atoms with van der Waals surface area (Å²) in [6.07, 6.45) is 0. The topological polar surface area (TPSA) is 76.2 Å². The minimum Gasteiger partial charge on any atom is -0.478 e. The van der Waals surface area contributed by atoms with Gasteiger partial charge in [-0.3, -0.25) is 0 Å². The first-order valence-electron chi connectivity index (χ1n) is 5.97. The Morgan fingerprint density at radius 1 is 0.900 bits per heavy atom. The molecule has 0 amide bonds. The standard InChI is InChI=1S/C15H10N2O3/c18-15(19)12-8-4-7-11(9-12)14-17-16-13(20-14)10-5-2-1-3-6-10/h1-9H,(H,18,19). The van der Waals surface area contributed by atoms with E-state index in [1.807, 2.05) is 30.3 Å². The van der Waals surface area contributed by atoms with Crippen LogP contribution in [-0.4, -0.2) is 21.3 Å². The number of aromatic carboxylic acids is 1. The van der Waals surface area contributed by atoms with Crippen LogP contribution in [-0.2, 0) is 0 Å². The zero-order valence-corrected chi connectivity index (χ0v) is 10.4. The lowest BCUT2D eigenvalue weighted by molar-refractivity contribution is 0.0697. The van der Waals surface area contributed by atoms with Crippen LogP contribution in [0.25, 0.3) is 22.9 Å². The van der Waals surface area contributed by atoms with Crippen molar-refractivity contribution in [2.45, 2.75) is 0 Å². The number of nitrogens with zero attached hydrogens (tertiary/aromatic N) is 2. The highest BCUT2D eigenvalue weighted by Crippen LogP contribution is 2.24. The number of rotatable bonds is 3. The Morgan fingerprint density at radius 3 is 2.25 bits per heavy atom. The highest BCUT2D eigenvalue weighted by Gasteiger charge is 2.12. The van der Waals surface area contributed by atoms with Gasteiger partial charge in [-0.05, 0) is 30.3 Å². The van der Waals surface area contributed by atoms with Crippen LogP contribution in [0.5, 0.6) is 0 Å². The number of hydrogen-bond acceptors (Lipinski definition) is 4. The van der Waals surface area contributed by atoms with Gasteiger partial charge >= 0.3 is 5.97 Å². The molecule has 5 nitrogen and oxygen atoms in total. The van der Waals surface area contributed by atoms with Crippen molar-refractivity contribution in [2.75, 3.05) is 0 Å². The quantitative estimate of drug-likeness (QED) is 0.788. The fraction of sp³-hybridized carbons (Fsp3) is 0. The number of carboxylic acids is 1. The first-order chi connectivity index (χ1) is 9.74. The Balaban J connectivity index is 1.98. The molecule has 0 fully saturated rings. The number of carbonyl (C=O) groups is 1. The molecule has 0 saturated carbocycles. The first kappa shape index (κ1) is 12.1. The summed E-state index contributed by atoms with van der Waals surface area (Å²) in [6, 6.07) is 15.8. The molecule has 0 bridgehead atoms. The molecule has 1 N–H and O–H groups in total. The smallest absolute Gasteiger partial charge is 0.335 e. The maximum absolute atomic E-state index is 10.9. The number of hydrogen-bond donors (Lipinski definition) is 1. The second-order valence-corrected chi connectivity index (χ2v) is 4.16. The lowest BCUT2D eigenvalue weighted by atomic mass is 10.1. The van der Waals surface area contributed by atoms with Crippen LogP contribution in [0.4, 0.5) is 0 Å². The Morgan fingerprint density at radius 2 is 1.55 bits per heavy atom. The van der Waals surface area contributed by atoms with E-state index < -0.39 is 5.97 Å². The van der Waals surface area contributed by atoms with Gasteiger partial charge in [0.1, 0.15) is 0 Å². The van der Waals surface area contributed by atoms with Crippen molar-refractivity contribution in [3.8, 4) is 22.9 Å². The minimum absolute atomic E-state index is 0.182. The molecule has 0 aliphatic rings. The molecule has 0 spiro atoms. The molecule has 1 heterocycles. The highest BCUT2D eigenvalue weighted by molar-refractivity contribution is 5.88. The zero-order valence-electron chi connectivity index (χ0n) is 10.4. The Bertz CT molecular complexity index is 751. The zero-order chi connectivity index (χ0) is 13.9. The summed E-state index contributed by atoms with van der Waals surface area (Å²) in [5.41, 5.74) is 1.59. The largest absolute Gasteiger partial charge is 0.478 e. The predicted molar refractivity (Wildman–Crippen MR) is 72.1 cm³/mol. The molecular formula is C15H10N2O3. The third-order valence-electron chi connectivity index (χ3n) is 2.80. The second kappa shape index (κ2) is 4.97. The molecule has 0 aliphatic carbocycles. The summed E-state index contributed by atoms with van der Waals surface area (Å²) in [4.78, 5) is 10.9. The molecule has 3 aromatic rings. The van der Waals surface area contributed by atoms with Crippen LogP contribution in [0.1, 0.15) is 10.4 Å². The molecule has 3 rings (SSSR count). The van der Waals surface area contributed by atoms with Crippen molar-refractivity contribution >= 4 is 5.97 Å². The van der Waals surface area contributed by atoms with Crippen LogP contribution >= 0.6 is 0 Å². The van der Waals surface area contributed by atoms with Gasteiger partial charge in [0.25, 0.3) is 0 Å². The van der Waals surface area contributed by atoms with Gasteiger partial charge in [0.05, 0.1) is 5.56 Å². The molecule has 5 heteroatoms. The summed E-state index contributed by atoms with van der Waals surface area (Å²) >= 11 is 0. The summed E-state index contributed by atoms with van der Waals surface area (Å²) < 4.78 is 5.58. The summed E-state index contributed by atoms with van der Waals surface area (Å²) in [5, 5.41) is 16.9. The third kappa shape index (κ3) is 2.29. The Hall–Kier alpha value is -2.95. The van der Waals surface area contributed by atoms with Crippen molar-refractivity contribution < 1.29 is 14.3 Å². The summed E-state index contributed by atoms with van der Waals surface area (Å²) in [6.45, 7) is 0. The SMILES string of the molecule is O=C(O)c1cccc(-c2nnc(-c3ccccc3)o2)c1. The van der Waals surface area contributed by atoms with Crippen molar-refractivity contribution in [1.82, 2.24) is 10.2 Å². The van der Waals surface area contributed by atoms with E-state index in [1.54, 1.807) is 12.1 Å². The number of benzene rings is 2.